The second kappa shape index (κ2) is 3.59. The van der Waals surface area contributed by atoms with Crippen LogP contribution in [0.4, 0.5) is 11.8 Å². The van der Waals surface area contributed by atoms with Crippen LogP contribution in [-0.2, 0) is 0 Å². The molecular formula is C11H16N4O. The zero-order valence-corrected chi connectivity index (χ0v) is 9.08. The third kappa shape index (κ3) is 1.51. The highest BCUT2D eigenvalue weighted by Crippen LogP contribution is 2.37. The number of rotatable bonds is 1. The van der Waals surface area contributed by atoms with E-state index in [1.54, 1.807) is 12.3 Å². The van der Waals surface area contributed by atoms with Crippen LogP contribution in [0.2, 0.25) is 0 Å². The van der Waals surface area contributed by atoms with Crippen molar-refractivity contribution in [1.29, 1.82) is 0 Å². The number of aliphatic hydroxyl groups is 1. The molecule has 1 aromatic heterocycles. The highest BCUT2D eigenvalue weighted by Gasteiger charge is 2.41. The molecule has 1 saturated carbocycles. The van der Waals surface area contributed by atoms with Gasteiger partial charge in [0, 0.05) is 31.1 Å². The molecule has 2 aliphatic rings. The van der Waals surface area contributed by atoms with Gasteiger partial charge in [-0.05, 0) is 18.9 Å². The largest absolute Gasteiger partial charge is 0.392 e. The van der Waals surface area contributed by atoms with E-state index in [0.717, 1.165) is 25.9 Å². The molecule has 3 atom stereocenters. The Morgan fingerprint density at radius 3 is 2.62 bits per heavy atom. The highest BCUT2D eigenvalue weighted by atomic mass is 16.3. The number of nitrogens with two attached hydrogens (primary N) is 1. The van der Waals surface area contributed by atoms with Crippen LogP contribution < -0.4 is 10.6 Å². The molecule has 2 fully saturated rings. The summed E-state index contributed by atoms with van der Waals surface area (Å²) >= 11 is 0. The van der Waals surface area contributed by atoms with E-state index in [4.69, 9.17) is 5.73 Å². The van der Waals surface area contributed by atoms with Crippen molar-refractivity contribution in [2.24, 2.45) is 11.8 Å². The van der Waals surface area contributed by atoms with E-state index in [0.29, 0.717) is 23.6 Å². The van der Waals surface area contributed by atoms with Gasteiger partial charge in [-0.2, -0.15) is 4.98 Å². The average molecular weight is 220 g/mol. The lowest BCUT2D eigenvalue weighted by Crippen LogP contribution is -2.45. The molecule has 3 N–H and O–H groups in total. The van der Waals surface area contributed by atoms with E-state index in [2.05, 4.69) is 14.9 Å². The topological polar surface area (TPSA) is 75.3 Å². The van der Waals surface area contributed by atoms with Crippen molar-refractivity contribution in [3.63, 3.8) is 0 Å². The summed E-state index contributed by atoms with van der Waals surface area (Å²) in [5.41, 5.74) is 5.65. The van der Waals surface area contributed by atoms with Crippen molar-refractivity contribution in [1.82, 2.24) is 9.97 Å². The lowest BCUT2D eigenvalue weighted by Gasteiger charge is -2.35. The van der Waals surface area contributed by atoms with E-state index in [1.165, 1.54) is 0 Å². The second-order valence-corrected chi connectivity index (χ2v) is 4.77. The molecule has 1 aliphatic heterocycles. The second-order valence-electron chi connectivity index (χ2n) is 4.77. The van der Waals surface area contributed by atoms with Gasteiger partial charge in [0.25, 0.3) is 0 Å². The summed E-state index contributed by atoms with van der Waals surface area (Å²) in [5, 5.41) is 9.94. The molecular weight excluding hydrogens is 204 g/mol. The molecule has 86 valence electrons. The Labute approximate surface area is 94.3 Å². The molecule has 1 aromatic rings. The van der Waals surface area contributed by atoms with Crippen molar-refractivity contribution in [2.45, 2.75) is 18.9 Å². The Hall–Kier alpha value is -1.36. The van der Waals surface area contributed by atoms with Crippen LogP contribution >= 0.6 is 0 Å². The first-order valence-corrected chi connectivity index (χ1v) is 5.75. The molecule has 5 nitrogen and oxygen atoms in total. The van der Waals surface area contributed by atoms with Crippen LogP contribution in [0.15, 0.2) is 12.3 Å². The highest BCUT2D eigenvalue weighted by molar-refractivity contribution is 5.38. The van der Waals surface area contributed by atoms with Gasteiger partial charge in [-0.3, -0.25) is 0 Å². The fourth-order valence-electron chi connectivity index (χ4n) is 2.87. The summed E-state index contributed by atoms with van der Waals surface area (Å²) in [4.78, 5) is 10.6. The molecule has 2 heterocycles. The molecule has 2 bridgehead atoms. The summed E-state index contributed by atoms with van der Waals surface area (Å²) in [6, 6.07) is 1.69. The molecule has 0 aromatic carbocycles. The number of nitrogen functional groups attached to an aromatic ring is 1. The minimum atomic E-state index is -0.127. The third-order valence-electron chi connectivity index (χ3n) is 3.73. The summed E-state index contributed by atoms with van der Waals surface area (Å²) in [6.45, 7) is 1.70. The van der Waals surface area contributed by atoms with Crippen LogP contribution in [0.25, 0.3) is 0 Å². The van der Waals surface area contributed by atoms with Gasteiger partial charge in [0.05, 0.1) is 6.10 Å². The van der Waals surface area contributed by atoms with Crippen molar-refractivity contribution in [3.05, 3.63) is 12.3 Å². The first-order chi connectivity index (χ1) is 7.74. The Kier molecular flexibility index (Phi) is 2.21. The van der Waals surface area contributed by atoms with Crippen LogP contribution in [0.5, 0.6) is 0 Å². The number of hydrogen-bond acceptors (Lipinski definition) is 5. The number of fused-ring (bicyclic) bond motifs is 2. The maximum Gasteiger partial charge on any atom is 0.227 e. The monoisotopic (exact) mass is 220 g/mol. The number of aromatic nitrogens is 2. The minimum absolute atomic E-state index is 0.127. The molecule has 0 amide bonds. The Morgan fingerprint density at radius 1 is 1.31 bits per heavy atom. The molecule has 1 saturated heterocycles. The van der Waals surface area contributed by atoms with Gasteiger partial charge in [-0.1, -0.05) is 0 Å². The summed E-state index contributed by atoms with van der Waals surface area (Å²) in [5.74, 6) is 1.96. The maximum absolute atomic E-state index is 9.94. The van der Waals surface area contributed by atoms with Crippen molar-refractivity contribution in [3.8, 4) is 0 Å². The zero-order chi connectivity index (χ0) is 11.1. The lowest BCUT2D eigenvalue weighted by molar-refractivity contribution is 0.0788. The minimum Gasteiger partial charge on any atom is -0.392 e. The van der Waals surface area contributed by atoms with E-state index < -0.39 is 0 Å². The van der Waals surface area contributed by atoms with Crippen LogP contribution in [0.3, 0.4) is 0 Å². The fourth-order valence-corrected chi connectivity index (χ4v) is 2.87. The molecule has 0 spiro atoms. The van der Waals surface area contributed by atoms with Gasteiger partial charge in [0.15, 0.2) is 0 Å². The van der Waals surface area contributed by atoms with Gasteiger partial charge in [-0.15, -0.1) is 0 Å². The van der Waals surface area contributed by atoms with Crippen LogP contribution in [0.1, 0.15) is 12.8 Å². The van der Waals surface area contributed by atoms with Crippen molar-refractivity contribution in [2.75, 3.05) is 23.7 Å². The molecule has 3 rings (SSSR count). The maximum atomic E-state index is 9.94. The van der Waals surface area contributed by atoms with E-state index >= 15 is 0 Å². The number of anilines is 2. The number of aliphatic hydroxyl groups excluding tert-OH is 1. The Bertz CT molecular complexity index is 383. The normalized spacial score (nSPS) is 33.1. The third-order valence-corrected chi connectivity index (χ3v) is 3.73. The Morgan fingerprint density at radius 2 is 2.00 bits per heavy atom. The fraction of sp³-hybridized carbons (Fsp3) is 0.636. The van der Waals surface area contributed by atoms with Crippen LogP contribution in [0, 0.1) is 11.8 Å². The number of piperidine rings is 1. The average Bonchev–Trinajstić information content (AvgIpc) is 2.53. The van der Waals surface area contributed by atoms with E-state index in [1.807, 2.05) is 0 Å². The molecule has 5 heteroatoms. The lowest BCUT2D eigenvalue weighted by atomic mass is 9.95. The molecule has 1 aliphatic carbocycles. The number of hydrogen-bond donors (Lipinski definition) is 2. The first-order valence-electron chi connectivity index (χ1n) is 5.75. The van der Waals surface area contributed by atoms with Gasteiger partial charge < -0.3 is 15.7 Å². The SMILES string of the molecule is Nc1ccnc(N2C[C@H]3CC[C@@H](C2)C3O)n1. The zero-order valence-electron chi connectivity index (χ0n) is 9.08. The van der Waals surface area contributed by atoms with Crippen molar-refractivity contribution < 1.29 is 5.11 Å². The Balaban J connectivity index is 1.83. The predicted molar refractivity (Wildman–Crippen MR) is 60.9 cm³/mol. The van der Waals surface area contributed by atoms with Crippen LogP contribution in [-0.4, -0.2) is 34.3 Å². The standard InChI is InChI=1S/C11H16N4O/c12-9-3-4-13-11(14-9)15-5-7-1-2-8(6-15)10(7)16/h3-4,7-8,10,16H,1-2,5-6H2,(H2,12,13,14)/t7-,8+,10?. The summed E-state index contributed by atoms with van der Waals surface area (Å²) < 4.78 is 0. The predicted octanol–water partition coefficient (Wildman–Crippen LogP) is 0.266. The molecule has 1 unspecified atom stereocenters. The smallest absolute Gasteiger partial charge is 0.227 e. The van der Waals surface area contributed by atoms with Gasteiger partial charge in [-0.25, -0.2) is 4.98 Å². The quantitative estimate of drug-likeness (QED) is 0.710. The van der Waals surface area contributed by atoms with Gasteiger partial charge >= 0.3 is 0 Å². The summed E-state index contributed by atoms with van der Waals surface area (Å²) in [7, 11) is 0. The van der Waals surface area contributed by atoms with Crippen molar-refractivity contribution >= 4 is 11.8 Å². The summed E-state index contributed by atoms with van der Waals surface area (Å²) in [6.07, 6.45) is 3.79. The van der Waals surface area contributed by atoms with E-state index in [9.17, 15) is 5.11 Å². The first kappa shape index (κ1) is 9.84. The molecule has 16 heavy (non-hydrogen) atoms. The molecule has 0 radical (unpaired) electrons. The van der Waals surface area contributed by atoms with Gasteiger partial charge in [0.2, 0.25) is 5.95 Å². The van der Waals surface area contributed by atoms with E-state index in [-0.39, 0.29) is 6.10 Å². The number of nitrogens with zero attached hydrogens (tertiary/aromatic N) is 3. The van der Waals surface area contributed by atoms with Gasteiger partial charge in [0.1, 0.15) is 5.82 Å².